The minimum atomic E-state index is -0.400. The number of nitrogens with zero attached hydrogens (tertiary/aromatic N) is 3. The minimum Gasteiger partial charge on any atom is -0.467 e. The van der Waals surface area contributed by atoms with E-state index in [1.54, 1.807) is 18.4 Å². The summed E-state index contributed by atoms with van der Waals surface area (Å²) in [5.41, 5.74) is 0.614. The van der Waals surface area contributed by atoms with Gasteiger partial charge >= 0.3 is 0 Å². The Kier molecular flexibility index (Phi) is 5.40. The van der Waals surface area contributed by atoms with Crippen LogP contribution in [0.4, 0.5) is 11.4 Å². The van der Waals surface area contributed by atoms with E-state index in [4.69, 9.17) is 28.2 Å². The van der Waals surface area contributed by atoms with E-state index in [0.717, 1.165) is 5.76 Å². The van der Waals surface area contributed by atoms with Crippen molar-refractivity contribution >= 4 is 40.3 Å². The molecule has 1 N–H and O–H groups in total. The first-order valence-electron chi connectivity index (χ1n) is 7.78. The van der Waals surface area contributed by atoms with Crippen molar-refractivity contribution in [3.05, 3.63) is 57.5 Å². The summed E-state index contributed by atoms with van der Waals surface area (Å²) in [6.45, 7) is 3.19. The summed E-state index contributed by atoms with van der Waals surface area (Å²) in [5, 5.41) is 15.4. The molecule has 132 valence electrons. The molecule has 1 fully saturated rings. The van der Waals surface area contributed by atoms with Gasteiger partial charge in [-0.1, -0.05) is 11.6 Å². The molecule has 1 aromatic heterocycles. The van der Waals surface area contributed by atoms with Gasteiger partial charge in [-0.05, 0) is 36.5 Å². The molecule has 0 amide bonds. The van der Waals surface area contributed by atoms with E-state index < -0.39 is 4.92 Å². The highest BCUT2D eigenvalue weighted by Crippen LogP contribution is 2.31. The van der Waals surface area contributed by atoms with Crippen molar-refractivity contribution in [3.63, 3.8) is 0 Å². The van der Waals surface area contributed by atoms with Crippen LogP contribution in [0.3, 0.4) is 0 Å². The average Bonchev–Trinajstić information content (AvgIpc) is 3.13. The second-order valence-electron chi connectivity index (χ2n) is 5.60. The topological polar surface area (TPSA) is 74.8 Å². The molecule has 0 atom stereocenters. The lowest BCUT2D eigenvalue weighted by Gasteiger charge is -2.37. The SMILES string of the molecule is O=[N+]([O-])c1cc(Cl)ccc1N1CCN(C(=S)NCc2ccco2)CC1. The van der Waals surface area contributed by atoms with Crippen molar-refractivity contribution in [2.75, 3.05) is 31.1 Å². The maximum atomic E-state index is 11.3. The molecular weight excluding hydrogens is 364 g/mol. The van der Waals surface area contributed by atoms with Gasteiger partial charge in [0.15, 0.2) is 5.11 Å². The summed E-state index contributed by atoms with van der Waals surface area (Å²) in [7, 11) is 0. The number of benzene rings is 1. The standard InChI is InChI=1S/C16H17ClN4O3S/c17-12-3-4-14(15(10-12)21(22)23)19-5-7-20(8-6-19)16(25)18-11-13-2-1-9-24-13/h1-4,9-10H,5-8,11H2,(H,18,25). The van der Waals surface area contributed by atoms with E-state index in [-0.39, 0.29) is 5.69 Å². The van der Waals surface area contributed by atoms with Crippen LogP contribution in [-0.2, 0) is 6.54 Å². The number of furan rings is 1. The third-order valence-corrected chi connectivity index (χ3v) is 4.67. The van der Waals surface area contributed by atoms with Gasteiger partial charge in [-0.3, -0.25) is 10.1 Å². The smallest absolute Gasteiger partial charge is 0.294 e. The van der Waals surface area contributed by atoms with E-state index in [1.807, 2.05) is 17.0 Å². The Morgan fingerprint density at radius 2 is 2.08 bits per heavy atom. The molecule has 25 heavy (non-hydrogen) atoms. The van der Waals surface area contributed by atoms with E-state index in [0.29, 0.717) is 48.5 Å². The number of nitro groups is 1. The van der Waals surface area contributed by atoms with Crippen molar-refractivity contribution < 1.29 is 9.34 Å². The van der Waals surface area contributed by atoms with Gasteiger partial charge in [0, 0.05) is 37.3 Å². The molecule has 9 heteroatoms. The molecule has 1 saturated heterocycles. The minimum absolute atomic E-state index is 0.0273. The Bertz CT molecular complexity index is 761. The van der Waals surface area contributed by atoms with Gasteiger partial charge in [0.1, 0.15) is 11.4 Å². The molecule has 0 saturated carbocycles. The van der Waals surface area contributed by atoms with Crippen molar-refractivity contribution in [3.8, 4) is 0 Å². The molecule has 2 heterocycles. The third-order valence-electron chi connectivity index (χ3n) is 4.04. The zero-order valence-corrected chi connectivity index (χ0v) is 14.9. The van der Waals surface area contributed by atoms with Crippen LogP contribution in [0.15, 0.2) is 41.0 Å². The van der Waals surface area contributed by atoms with E-state index in [2.05, 4.69) is 10.2 Å². The van der Waals surface area contributed by atoms with Gasteiger partial charge in [0.05, 0.1) is 17.7 Å². The summed E-state index contributed by atoms with van der Waals surface area (Å²) >= 11 is 11.3. The highest BCUT2D eigenvalue weighted by Gasteiger charge is 2.24. The molecular formula is C16H17ClN4O3S. The van der Waals surface area contributed by atoms with Crippen molar-refractivity contribution in [1.29, 1.82) is 0 Å². The van der Waals surface area contributed by atoms with Crippen LogP contribution in [0.5, 0.6) is 0 Å². The van der Waals surface area contributed by atoms with E-state index >= 15 is 0 Å². The lowest BCUT2D eigenvalue weighted by Crippen LogP contribution is -2.51. The second-order valence-corrected chi connectivity index (χ2v) is 6.43. The predicted octanol–water partition coefficient (Wildman–Crippen LogP) is 3.04. The number of nitrogens with one attached hydrogen (secondary N) is 1. The maximum Gasteiger partial charge on any atom is 0.294 e. The molecule has 0 radical (unpaired) electrons. The van der Waals surface area contributed by atoms with Gasteiger partial charge in [-0.15, -0.1) is 0 Å². The number of anilines is 1. The molecule has 7 nitrogen and oxygen atoms in total. The normalized spacial score (nSPS) is 14.4. The fourth-order valence-corrected chi connectivity index (χ4v) is 3.17. The second kappa shape index (κ2) is 7.71. The van der Waals surface area contributed by atoms with Gasteiger partial charge in [-0.25, -0.2) is 0 Å². The molecule has 0 aliphatic carbocycles. The fourth-order valence-electron chi connectivity index (χ4n) is 2.75. The lowest BCUT2D eigenvalue weighted by molar-refractivity contribution is -0.384. The van der Waals surface area contributed by atoms with Gasteiger partial charge in [0.2, 0.25) is 0 Å². The monoisotopic (exact) mass is 380 g/mol. The van der Waals surface area contributed by atoms with E-state index in [9.17, 15) is 10.1 Å². The molecule has 0 bridgehead atoms. The number of rotatable bonds is 4. The number of halogens is 1. The Morgan fingerprint density at radius 3 is 2.72 bits per heavy atom. The van der Waals surface area contributed by atoms with Crippen LogP contribution in [0.1, 0.15) is 5.76 Å². The van der Waals surface area contributed by atoms with Gasteiger partial charge < -0.3 is 19.5 Å². The molecule has 2 aromatic rings. The lowest BCUT2D eigenvalue weighted by atomic mass is 10.2. The van der Waals surface area contributed by atoms with Crippen LogP contribution in [-0.4, -0.2) is 41.1 Å². The molecule has 1 aliphatic heterocycles. The Balaban J connectivity index is 1.58. The number of hydrogen-bond donors (Lipinski definition) is 1. The molecule has 1 aromatic carbocycles. The first-order chi connectivity index (χ1) is 12.0. The van der Waals surface area contributed by atoms with Crippen LogP contribution in [0.25, 0.3) is 0 Å². The van der Waals surface area contributed by atoms with Gasteiger partial charge in [0.25, 0.3) is 5.69 Å². The summed E-state index contributed by atoms with van der Waals surface area (Å²) in [6.07, 6.45) is 1.62. The number of hydrogen-bond acceptors (Lipinski definition) is 5. The van der Waals surface area contributed by atoms with Crippen molar-refractivity contribution in [1.82, 2.24) is 10.2 Å². The summed E-state index contributed by atoms with van der Waals surface area (Å²) in [4.78, 5) is 14.9. The van der Waals surface area contributed by atoms with Crippen LogP contribution < -0.4 is 10.2 Å². The largest absolute Gasteiger partial charge is 0.467 e. The van der Waals surface area contributed by atoms with Crippen LogP contribution in [0.2, 0.25) is 5.02 Å². The maximum absolute atomic E-state index is 11.3. The molecule has 0 unspecified atom stereocenters. The van der Waals surface area contributed by atoms with Gasteiger partial charge in [-0.2, -0.15) is 0 Å². The summed E-state index contributed by atoms with van der Waals surface area (Å²) in [5.74, 6) is 0.817. The van der Waals surface area contributed by atoms with Crippen molar-refractivity contribution in [2.24, 2.45) is 0 Å². The fraction of sp³-hybridized carbons (Fsp3) is 0.312. The van der Waals surface area contributed by atoms with Crippen LogP contribution in [0, 0.1) is 10.1 Å². The average molecular weight is 381 g/mol. The zero-order valence-electron chi connectivity index (χ0n) is 13.4. The highest BCUT2D eigenvalue weighted by atomic mass is 35.5. The Labute approximate surface area is 155 Å². The first kappa shape index (κ1) is 17.5. The quantitative estimate of drug-likeness (QED) is 0.496. The number of thiocarbonyl (C=S) groups is 1. The third kappa shape index (κ3) is 4.21. The first-order valence-corrected chi connectivity index (χ1v) is 8.57. The summed E-state index contributed by atoms with van der Waals surface area (Å²) in [6, 6.07) is 8.47. The predicted molar refractivity (Wildman–Crippen MR) is 100 cm³/mol. The van der Waals surface area contributed by atoms with Crippen LogP contribution >= 0.6 is 23.8 Å². The molecule has 3 rings (SSSR count). The van der Waals surface area contributed by atoms with E-state index in [1.165, 1.54) is 6.07 Å². The summed E-state index contributed by atoms with van der Waals surface area (Å²) < 4.78 is 5.27. The highest BCUT2D eigenvalue weighted by molar-refractivity contribution is 7.80. The van der Waals surface area contributed by atoms with Crippen molar-refractivity contribution in [2.45, 2.75) is 6.54 Å². The number of piperazine rings is 1. The zero-order chi connectivity index (χ0) is 17.8. The molecule has 0 spiro atoms. The number of nitro benzene ring substituents is 1. The Morgan fingerprint density at radius 1 is 1.32 bits per heavy atom. The Hall–Kier alpha value is -2.32. The molecule has 1 aliphatic rings.